The van der Waals surface area contributed by atoms with Crippen LogP contribution in [0.3, 0.4) is 0 Å². The molecule has 0 bridgehead atoms. The van der Waals surface area contributed by atoms with E-state index in [1.807, 2.05) is 31.0 Å². The predicted molar refractivity (Wildman–Crippen MR) is 64.0 cm³/mol. The maximum Gasteiger partial charge on any atom is 0.234 e. The lowest BCUT2D eigenvalue weighted by molar-refractivity contribution is -0.121. The molecule has 0 unspecified atom stereocenters. The summed E-state index contributed by atoms with van der Waals surface area (Å²) in [7, 11) is 1.84. The van der Waals surface area contributed by atoms with Crippen LogP contribution in [0, 0.1) is 11.3 Å². The van der Waals surface area contributed by atoms with Gasteiger partial charge in [-0.1, -0.05) is 6.07 Å². The third-order valence-electron chi connectivity index (χ3n) is 2.22. The summed E-state index contributed by atoms with van der Waals surface area (Å²) < 4.78 is 0. The van der Waals surface area contributed by atoms with Gasteiger partial charge in [-0.3, -0.25) is 9.69 Å². The molecule has 0 aromatic carbocycles. The molecule has 1 aromatic rings. The van der Waals surface area contributed by atoms with Gasteiger partial charge in [0.05, 0.1) is 6.54 Å². The minimum Gasteiger partial charge on any atom is -0.355 e. The van der Waals surface area contributed by atoms with Gasteiger partial charge in [0.1, 0.15) is 11.8 Å². The number of likely N-dealkylation sites (N-methyl/N-ethyl adjacent to an activating group) is 2. The standard InChI is InChI=1S/C12H16N4O/c1-3-14-12(17)9-16(2)8-10-5-4-6-15-11(10)7-13/h4-6H,3,8-9H2,1-2H3,(H,14,17). The molecule has 5 nitrogen and oxygen atoms in total. The Morgan fingerprint density at radius 3 is 3.06 bits per heavy atom. The maximum atomic E-state index is 11.4. The Hall–Kier alpha value is -1.93. The van der Waals surface area contributed by atoms with Crippen molar-refractivity contribution < 1.29 is 4.79 Å². The molecule has 0 fully saturated rings. The first kappa shape index (κ1) is 13.1. The van der Waals surface area contributed by atoms with Crippen molar-refractivity contribution in [3.8, 4) is 6.07 Å². The molecule has 0 spiro atoms. The minimum atomic E-state index is -0.0163. The summed E-state index contributed by atoms with van der Waals surface area (Å²) in [6, 6.07) is 5.68. The number of nitriles is 1. The van der Waals surface area contributed by atoms with Gasteiger partial charge in [0.15, 0.2) is 0 Å². The van der Waals surface area contributed by atoms with Crippen LogP contribution in [0.1, 0.15) is 18.2 Å². The third-order valence-corrected chi connectivity index (χ3v) is 2.22. The van der Waals surface area contributed by atoms with E-state index in [1.165, 1.54) is 0 Å². The second-order valence-corrected chi connectivity index (χ2v) is 3.75. The molecule has 1 aromatic heterocycles. The van der Waals surface area contributed by atoms with E-state index in [-0.39, 0.29) is 5.91 Å². The van der Waals surface area contributed by atoms with Crippen molar-refractivity contribution in [2.75, 3.05) is 20.1 Å². The highest BCUT2D eigenvalue weighted by molar-refractivity contribution is 5.77. The molecule has 17 heavy (non-hydrogen) atoms. The summed E-state index contributed by atoms with van der Waals surface area (Å²) in [6.07, 6.45) is 1.59. The number of carbonyl (C=O) groups is 1. The molecule has 0 saturated carbocycles. The number of amides is 1. The first-order valence-electron chi connectivity index (χ1n) is 5.46. The van der Waals surface area contributed by atoms with Crippen LogP contribution < -0.4 is 5.32 Å². The van der Waals surface area contributed by atoms with Crippen molar-refractivity contribution >= 4 is 5.91 Å². The Balaban J connectivity index is 2.59. The van der Waals surface area contributed by atoms with Gasteiger partial charge in [-0.2, -0.15) is 5.26 Å². The van der Waals surface area contributed by atoms with Crippen LogP contribution >= 0.6 is 0 Å². The van der Waals surface area contributed by atoms with Crippen LogP contribution in [0.4, 0.5) is 0 Å². The average Bonchev–Trinajstić information content (AvgIpc) is 2.29. The lowest BCUT2D eigenvalue weighted by Gasteiger charge is -2.16. The molecule has 1 amide bonds. The smallest absolute Gasteiger partial charge is 0.234 e. The van der Waals surface area contributed by atoms with Crippen molar-refractivity contribution in [3.63, 3.8) is 0 Å². The highest BCUT2D eigenvalue weighted by atomic mass is 16.1. The average molecular weight is 232 g/mol. The van der Waals surface area contributed by atoms with Crippen LogP contribution in [-0.4, -0.2) is 35.9 Å². The summed E-state index contributed by atoms with van der Waals surface area (Å²) in [4.78, 5) is 17.2. The molecule has 0 saturated heterocycles. The fourth-order valence-electron chi connectivity index (χ4n) is 1.51. The summed E-state index contributed by atoms with van der Waals surface area (Å²) >= 11 is 0. The molecule has 0 aliphatic carbocycles. The van der Waals surface area contributed by atoms with Crippen LogP contribution in [0.15, 0.2) is 18.3 Å². The number of hydrogen-bond donors (Lipinski definition) is 1. The van der Waals surface area contributed by atoms with E-state index in [0.717, 1.165) is 5.56 Å². The number of rotatable bonds is 5. The first-order chi connectivity index (χ1) is 8.17. The maximum absolute atomic E-state index is 11.4. The van der Waals surface area contributed by atoms with E-state index in [0.29, 0.717) is 25.3 Å². The second-order valence-electron chi connectivity index (χ2n) is 3.75. The Morgan fingerprint density at radius 1 is 1.65 bits per heavy atom. The van der Waals surface area contributed by atoms with E-state index in [2.05, 4.69) is 10.3 Å². The Bertz CT molecular complexity index is 425. The number of nitrogens with one attached hydrogen (secondary N) is 1. The van der Waals surface area contributed by atoms with E-state index in [1.54, 1.807) is 12.3 Å². The number of pyridine rings is 1. The van der Waals surface area contributed by atoms with Gasteiger partial charge in [0, 0.05) is 24.8 Å². The van der Waals surface area contributed by atoms with E-state index in [9.17, 15) is 4.79 Å². The van der Waals surface area contributed by atoms with Crippen molar-refractivity contribution in [2.45, 2.75) is 13.5 Å². The van der Waals surface area contributed by atoms with Crippen molar-refractivity contribution in [3.05, 3.63) is 29.6 Å². The van der Waals surface area contributed by atoms with Crippen LogP contribution in [0.5, 0.6) is 0 Å². The lowest BCUT2D eigenvalue weighted by atomic mass is 10.2. The number of carbonyl (C=O) groups excluding carboxylic acids is 1. The van der Waals surface area contributed by atoms with Gasteiger partial charge in [-0.25, -0.2) is 4.98 Å². The highest BCUT2D eigenvalue weighted by Crippen LogP contribution is 2.06. The highest BCUT2D eigenvalue weighted by Gasteiger charge is 2.09. The molecule has 5 heteroatoms. The van der Waals surface area contributed by atoms with Gasteiger partial charge < -0.3 is 5.32 Å². The van der Waals surface area contributed by atoms with E-state index < -0.39 is 0 Å². The number of hydrogen-bond acceptors (Lipinski definition) is 4. The molecule has 0 aliphatic heterocycles. The van der Waals surface area contributed by atoms with Crippen LogP contribution in [0.25, 0.3) is 0 Å². The quantitative estimate of drug-likeness (QED) is 0.803. The Labute approximate surface area is 101 Å². The Kier molecular flexibility index (Phi) is 5.11. The Morgan fingerprint density at radius 2 is 2.41 bits per heavy atom. The van der Waals surface area contributed by atoms with Gasteiger partial charge >= 0.3 is 0 Å². The van der Waals surface area contributed by atoms with Crippen molar-refractivity contribution in [1.82, 2.24) is 15.2 Å². The summed E-state index contributed by atoms with van der Waals surface area (Å²) in [5.41, 5.74) is 1.25. The first-order valence-corrected chi connectivity index (χ1v) is 5.46. The van der Waals surface area contributed by atoms with Gasteiger partial charge in [0.25, 0.3) is 0 Å². The van der Waals surface area contributed by atoms with E-state index in [4.69, 9.17) is 5.26 Å². The van der Waals surface area contributed by atoms with Crippen LogP contribution in [-0.2, 0) is 11.3 Å². The zero-order chi connectivity index (χ0) is 12.7. The summed E-state index contributed by atoms with van der Waals surface area (Å²) in [6.45, 7) is 3.36. The second kappa shape index (κ2) is 6.61. The van der Waals surface area contributed by atoms with Crippen LogP contribution in [0.2, 0.25) is 0 Å². The summed E-state index contributed by atoms with van der Waals surface area (Å²) in [5, 5.41) is 11.6. The normalized spacial score (nSPS) is 10.0. The molecule has 1 heterocycles. The number of aromatic nitrogens is 1. The monoisotopic (exact) mass is 232 g/mol. The fourth-order valence-corrected chi connectivity index (χ4v) is 1.51. The fraction of sp³-hybridized carbons (Fsp3) is 0.417. The predicted octanol–water partition coefficient (Wildman–Crippen LogP) is 0.521. The summed E-state index contributed by atoms with van der Waals surface area (Å²) in [5.74, 6) is -0.0163. The molecule has 1 rings (SSSR count). The minimum absolute atomic E-state index is 0.0163. The largest absolute Gasteiger partial charge is 0.355 e. The van der Waals surface area contributed by atoms with Crippen molar-refractivity contribution in [1.29, 1.82) is 5.26 Å². The van der Waals surface area contributed by atoms with E-state index >= 15 is 0 Å². The third kappa shape index (κ3) is 4.21. The molecule has 0 radical (unpaired) electrons. The van der Waals surface area contributed by atoms with Gasteiger partial charge in [-0.05, 0) is 20.0 Å². The molecule has 0 aliphatic rings. The lowest BCUT2D eigenvalue weighted by Crippen LogP contribution is -2.34. The zero-order valence-electron chi connectivity index (χ0n) is 10.1. The molecule has 0 atom stereocenters. The SMILES string of the molecule is CCNC(=O)CN(C)Cc1cccnc1C#N. The molecule has 1 N–H and O–H groups in total. The number of nitrogens with zero attached hydrogens (tertiary/aromatic N) is 3. The van der Waals surface area contributed by atoms with Gasteiger partial charge in [-0.15, -0.1) is 0 Å². The van der Waals surface area contributed by atoms with Gasteiger partial charge in [0.2, 0.25) is 5.91 Å². The molecular formula is C12H16N4O. The molecular weight excluding hydrogens is 216 g/mol. The topological polar surface area (TPSA) is 69.0 Å². The van der Waals surface area contributed by atoms with Crippen molar-refractivity contribution in [2.24, 2.45) is 0 Å². The zero-order valence-corrected chi connectivity index (χ0v) is 10.1. The molecule has 90 valence electrons.